The number of nitro groups is 1. The number of thiocarbonyl (C=S) groups is 1. The number of nitro benzene ring substituents is 1. The highest BCUT2D eigenvalue weighted by molar-refractivity contribution is 9.10. The Bertz CT molecular complexity index is 1020. The van der Waals surface area contributed by atoms with Gasteiger partial charge in [-0.25, -0.2) is 0 Å². The molecular formula is C16H13BrN6O3S. The molecule has 0 fully saturated rings. The lowest BCUT2D eigenvalue weighted by Crippen LogP contribution is -2.45. The lowest BCUT2D eigenvalue weighted by Gasteiger charge is -2.12. The number of benzene rings is 2. The Kier molecular flexibility index (Phi) is 5.62. The molecule has 0 unspecified atom stereocenters. The van der Waals surface area contributed by atoms with E-state index in [1.807, 2.05) is 24.3 Å². The van der Waals surface area contributed by atoms with Gasteiger partial charge >= 0.3 is 0 Å². The number of anilines is 1. The second-order valence-electron chi connectivity index (χ2n) is 5.44. The average molecular weight is 449 g/mol. The lowest BCUT2D eigenvalue weighted by molar-refractivity contribution is -0.384. The molecule has 0 aliphatic rings. The molecule has 9 nitrogen and oxygen atoms in total. The van der Waals surface area contributed by atoms with Crippen LogP contribution in [0.15, 0.2) is 53.1 Å². The number of non-ortho nitro benzene ring substituents is 1. The summed E-state index contributed by atoms with van der Waals surface area (Å²) < 4.78 is 2.39. The van der Waals surface area contributed by atoms with Gasteiger partial charge < -0.3 is 5.32 Å². The van der Waals surface area contributed by atoms with Crippen molar-refractivity contribution in [2.75, 3.05) is 5.32 Å². The van der Waals surface area contributed by atoms with Gasteiger partial charge in [-0.2, -0.15) is 5.10 Å². The average Bonchev–Trinajstić information content (AvgIpc) is 3.04. The lowest BCUT2D eigenvalue weighted by atomic mass is 10.2. The van der Waals surface area contributed by atoms with Crippen LogP contribution in [-0.2, 0) is 11.3 Å². The molecule has 27 heavy (non-hydrogen) atoms. The second-order valence-corrected chi connectivity index (χ2v) is 6.76. The van der Waals surface area contributed by atoms with Crippen LogP contribution in [-0.4, -0.2) is 25.7 Å². The van der Waals surface area contributed by atoms with Crippen molar-refractivity contribution in [1.82, 2.24) is 20.6 Å². The van der Waals surface area contributed by atoms with Crippen molar-refractivity contribution in [2.45, 2.75) is 6.54 Å². The first-order valence-electron chi connectivity index (χ1n) is 7.64. The maximum atomic E-state index is 12.1. The predicted molar refractivity (Wildman–Crippen MR) is 108 cm³/mol. The molecule has 1 heterocycles. The highest BCUT2D eigenvalue weighted by Gasteiger charge is 2.12. The van der Waals surface area contributed by atoms with E-state index in [9.17, 15) is 14.9 Å². The van der Waals surface area contributed by atoms with Gasteiger partial charge in [-0.05, 0) is 42.5 Å². The maximum absolute atomic E-state index is 12.1. The zero-order valence-corrected chi connectivity index (χ0v) is 16.1. The van der Waals surface area contributed by atoms with Crippen molar-refractivity contribution in [3.05, 3.63) is 63.2 Å². The quantitative estimate of drug-likeness (QED) is 0.319. The molecule has 3 rings (SSSR count). The van der Waals surface area contributed by atoms with E-state index in [4.69, 9.17) is 12.2 Å². The molecule has 3 N–H and O–H groups in total. The van der Waals surface area contributed by atoms with Crippen LogP contribution in [0.5, 0.6) is 0 Å². The summed E-state index contributed by atoms with van der Waals surface area (Å²) in [6.07, 6.45) is 1.47. The molecule has 138 valence electrons. The number of nitrogens with zero attached hydrogens (tertiary/aromatic N) is 3. The molecule has 1 aromatic heterocycles. The third kappa shape index (κ3) is 4.77. The number of carbonyl (C=O) groups is 1. The third-order valence-corrected chi connectivity index (χ3v) is 4.28. The summed E-state index contributed by atoms with van der Waals surface area (Å²) in [4.78, 5) is 22.4. The molecule has 0 radical (unpaired) electrons. The zero-order valence-electron chi connectivity index (χ0n) is 13.7. The van der Waals surface area contributed by atoms with Crippen LogP contribution in [0.3, 0.4) is 0 Å². The van der Waals surface area contributed by atoms with E-state index >= 15 is 0 Å². The Balaban J connectivity index is 1.56. The van der Waals surface area contributed by atoms with Gasteiger partial charge in [-0.1, -0.05) is 15.9 Å². The molecule has 0 atom stereocenters. The minimum Gasteiger partial charge on any atom is -0.331 e. The van der Waals surface area contributed by atoms with E-state index in [1.54, 1.807) is 6.07 Å². The molecule has 2 aromatic carbocycles. The minimum atomic E-state index is -0.479. The van der Waals surface area contributed by atoms with Crippen LogP contribution in [0.1, 0.15) is 0 Å². The van der Waals surface area contributed by atoms with Gasteiger partial charge in [0, 0.05) is 27.7 Å². The first-order valence-corrected chi connectivity index (χ1v) is 8.84. The Morgan fingerprint density at radius 3 is 2.67 bits per heavy atom. The van der Waals surface area contributed by atoms with E-state index in [1.165, 1.54) is 23.0 Å². The molecule has 0 bridgehead atoms. The van der Waals surface area contributed by atoms with E-state index in [2.05, 4.69) is 37.2 Å². The molecular weight excluding hydrogens is 436 g/mol. The standard InChI is InChI=1S/C16H13BrN6O3S/c17-11-1-3-12(4-2-11)19-16(27)21-20-15(24)9-22-14-6-5-13(23(25)26)7-10(14)8-18-22/h1-8H,9H2,(H,20,24)(H2,19,21,27). The largest absolute Gasteiger partial charge is 0.331 e. The van der Waals surface area contributed by atoms with Gasteiger partial charge in [-0.3, -0.25) is 30.4 Å². The van der Waals surface area contributed by atoms with Crippen LogP contribution < -0.4 is 16.2 Å². The summed E-state index contributed by atoms with van der Waals surface area (Å²) in [5.74, 6) is -0.377. The van der Waals surface area contributed by atoms with Crippen molar-refractivity contribution in [3.63, 3.8) is 0 Å². The smallest absolute Gasteiger partial charge is 0.270 e. The molecule has 11 heteroatoms. The maximum Gasteiger partial charge on any atom is 0.270 e. The van der Waals surface area contributed by atoms with E-state index < -0.39 is 4.92 Å². The SMILES string of the molecule is O=C(Cn1ncc2cc([N+](=O)[O-])ccc21)NNC(=S)Nc1ccc(Br)cc1. The van der Waals surface area contributed by atoms with Crippen LogP contribution in [0.25, 0.3) is 10.9 Å². The van der Waals surface area contributed by atoms with Crippen molar-refractivity contribution >= 4 is 61.4 Å². The van der Waals surface area contributed by atoms with Crippen LogP contribution >= 0.6 is 28.1 Å². The first-order chi connectivity index (χ1) is 12.9. The Morgan fingerprint density at radius 1 is 1.22 bits per heavy atom. The minimum absolute atomic E-state index is 0.0301. The van der Waals surface area contributed by atoms with Gasteiger partial charge in [0.05, 0.1) is 16.6 Å². The highest BCUT2D eigenvalue weighted by atomic mass is 79.9. The normalized spacial score (nSPS) is 10.4. The van der Waals surface area contributed by atoms with E-state index in [0.717, 1.165) is 10.2 Å². The molecule has 0 saturated carbocycles. The number of fused-ring (bicyclic) bond motifs is 1. The first kappa shape index (κ1) is 18.7. The fraction of sp³-hybridized carbons (Fsp3) is 0.0625. The van der Waals surface area contributed by atoms with Crippen LogP contribution in [0, 0.1) is 10.1 Å². The van der Waals surface area contributed by atoms with Crippen molar-refractivity contribution < 1.29 is 9.72 Å². The molecule has 0 aliphatic heterocycles. The topological polar surface area (TPSA) is 114 Å². The second kappa shape index (κ2) is 8.10. The molecule has 3 aromatic rings. The van der Waals surface area contributed by atoms with Gasteiger partial charge in [-0.15, -0.1) is 0 Å². The third-order valence-electron chi connectivity index (χ3n) is 3.55. The van der Waals surface area contributed by atoms with E-state index in [0.29, 0.717) is 10.9 Å². The molecule has 0 aliphatic carbocycles. The van der Waals surface area contributed by atoms with Gasteiger partial charge in [0.1, 0.15) is 6.54 Å². The number of hydrogen-bond acceptors (Lipinski definition) is 5. The number of hydrazine groups is 1. The number of nitrogens with one attached hydrogen (secondary N) is 3. The summed E-state index contributed by atoms with van der Waals surface area (Å²) in [5.41, 5.74) is 6.44. The van der Waals surface area contributed by atoms with Crippen molar-refractivity contribution in [3.8, 4) is 0 Å². The Hall–Kier alpha value is -3.05. The molecule has 0 spiro atoms. The monoisotopic (exact) mass is 448 g/mol. The number of hydrogen-bond donors (Lipinski definition) is 3. The summed E-state index contributed by atoms with van der Waals surface area (Å²) in [5, 5.41) is 18.6. The summed E-state index contributed by atoms with van der Waals surface area (Å²) in [6.45, 7) is -0.0742. The van der Waals surface area contributed by atoms with Gasteiger partial charge in [0.2, 0.25) is 0 Å². The number of aromatic nitrogens is 2. The summed E-state index contributed by atoms with van der Waals surface area (Å²) >= 11 is 8.46. The van der Waals surface area contributed by atoms with Crippen molar-refractivity contribution in [2.24, 2.45) is 0 Å². The summed E-state index contributed by atoms with van der Waals surface area (Å²) in [6, 6.07) is 11.7. The number of amides is 1. The van der Waals surface area contributed by atoms with Crippen molar-refractivity contribution in [1.29, 1.82) is 0 Å². The number of rotatable bonds is 4. The predicted octanol–water partition coefficient (Wildman–Crippen LogP) is 2.72. The zero-order chi connectivity index (χ0) is 19.4. The van der Waals surface area contributed by atoms with Gasteiger partial charge in [0.15, 0.2) is 5.11 Å². The van der Waals surface area contributed by atoms with Crippen LogP contribution in [0.2, 0.25) is 0 Å². The fourth-order valence-corrected chi connectivity index (χ4v) is 2.74. The number of carbonyl (C=O) groups excluding carboxylic acids is 1. The summed E-state index contributed by atoms with van der Waals surface area (Å²) in [7, 11) is 0. The Labute approximate surface area is 167 Å². The molecule has 0 saturated heterocycles. The van der Waals surface area contributed by atoms with E-state index in [-0.39, 0.29) is 23.3 Å². The van der Waals surface area contributed by atoms with Gasteiger partial charge in [0.25, 0.3) is 11.6 Å². The fourth-order valence-electron chi connectivity index (χ4n) is 2.31. The highest BCUT2D eigenvalue weighted by Crippen LogP contribution is 2.20. The Morgan fingerprint density at radius 2 is 1.96 bits per heavy atom. The molecule has 1 amide bonds. The number of halogens is 1. The van der Waals surface area contributed by atoms with Crippen LogP contribution in [0.4, 0.5) is 11.4 Å².